The molecule has 156 valence electrons. The Morgan fingerprint density at radius 3 is 2.33 bits per heavy atom. The van der Waals surface area contributed by atoms with Gasteiger partial charge in [-0.05, 0) is 55.8 Å². The Hall–Kier alpha value is -3.19. The van der Waals surface area contributed by atoms with Gasteiger partial charge in [0.15, 0.2) is 0 Å². The summed E-state index contributed by atoms with van der Waals surface area (Å²) in [5, 5.41) is 2.70. The number of halogens is 1. The molecule has 0 unspecified atom stereocenters. The first-order chi connectivity index (χ1) is 14.4. The fourth-order valence-electron chi connectivity index (χ4n) is 2.98. The molecular weight excluding hydrogens is 403 g/mol. The fourth-order valence-corrected chi connectivity index (χ4v) is 4.48. The summed E-state index contributed by atoms with van der Waals surface area (Å²) in [5.41, 5.74) is 1.75. The molecule has 1 amide bonds. The number of carbonyl (C=O) groups excluding carboxylic acids is 1. The van der Waals surface area contributed by atoms with Gasteiger partial charge in [-0.15, -0.1) is 0 Å². The van der Waals surface area contributed by atoms with Gasteiger partial charge in [0.2, 0.25) is 0 Å². The maximum Gasteiger partial charge on any atom is 0.264 e. The molecule has 30 heavy (non-hydrogen) atoms. The Morgan fingerprint density at radius 2 is 1.67 bits per heavy atom. The SMILES string of the molecule is Cc1ccc(S(=O)(=O)N(CCCNC(=O)c2cccc(F)c2)c2ccccc2)cc1. The van der Waals surface area contributed by atoms with Crippen LogP contribution in [-0.2, 0) is 10.0 Å². The van der Waals surface area contributed by atoms with Crippen LogP contribution in [0.1, 0.15) is 22.3 Å². The van der Waals surface area contributed by atoms with E-state index in [2.05, 4.69) is 5.32 Å². The summed E-state index contributed by atoms with van der Waals surface area (Å²) in [6.45, 7) is 2.33. The van der Waals surface area contributed by atoms with E-state index in [0.29, 0.717) is 12.1 Å². The van der Waals surface area contributed by atoms with E-state index < -0.39 is 21.7 Å². The lowest BCUT2D eigenvalue weighted by atomic mass is 10.2. The first-order valence-electron chi connectivity index (χ1n) is 9.56. The van der Waals surface area contributed by atoms with Crippen LogP contribution in [0.5, 0.6) is 0 Å². The molecule has 0 saturated carbocycles. The van der Waals surface area contributed by atoms with E-state index >= 15 is 0 Å². The highest BCUT2D eigenvalue weighted by atomic mass is 32.2. The van der Waals surface area contributed by atoms with Gasteiger partial charge in [-0.1, -0.05) is 42.0 Å². The van der Waals surface area contributed by atoms with Crippen molar-refractivity contribution in [2.24, 2.45) is 0 Å². The number of anilines is 1. The van der Waals surface area contributed by atoms with Crippen molar-refractivity contribution in [3.8, 4) is 0 Å². The molecule has 0 aromatic heterocycles. The summed E-state index contributed by atoms with van der Waals surface area (Å²) >= 11 is 0. The molecule has 0 aliphatic heterocycles. The van der Waals surface area contributed by atoms with Crippen LogP contribution in [-0.4, -0.2) is 27.4 Å². The molecule has 1 N–H and O–H groups in total. The first kappa shape index (κ1) is 21.5. The minimum absolute atomic E-state index is 0.184. The number of benzene rings is 3. The van der Waals surface area contributed by atoms with Crippen molar-refractivity contribution in [2.45, 2.75) is 18.2 Å². The number of nitrogens with one attached hydrogen (secondary N) is 1. The molecule has 0 bridgehead atoms. The summed E-state index contributed by atoms with van der Waals surface area (Å²) in [7, 11) is -3.76. The predicted molar refractivity (Wildman–Crippen MR) is 116 cm³/mol. The average molecular weight is 427 g/mol. The third kappa shape index (κ3) is 5.24. The molecule has 3 rings (SSSR count). The molecule has 5 nitrogen and oxygen atoms in total. The predicted octanol–water partition coefficient (Wildman–Crippen LogP) is 4.15. The number of rotatable bonds is 8. The molecule has 7 heteroatoms. The highest BCUT2D eigenvalue weighted by molar-refractivity contribution is 7.92. The van der Waals surface area contributed by atoms with Crippen LogP contribution in [0, 0.1) is 12.7 Å². The zero-order valence-corrected chi connectivity index (χ0v) is 17.4. The minimum Gasteiger partial charge on any atom is -0.352 e. The van der Waals surface area contributed by atoms with E-state index in [4.69, 9.17) is 0 Å². The highest BCUT2D eigenvalue weighted by Gasteiger charge is 2.24. The molecule has 3 aromatic carbocycles. The topological polar surface area (TPSA) is 66.5 Å². The molecule has 0 saturated heterocycles. The van der Waals surface area contributed by atoms with Crippen molar-refractivity contribution in [2.75, 3.05) is 17.4 Å². The Kier molecular flexibility index (Phi) is 6.84. The van der Waals surface area contributed by atoms with Crippen LogP contribution in [0.3, 0.4) is 0 Å². The van der Waals surface area contributed by atoms with E-state index in [1.165, 1.54) is 22.5 Å². The molecule has 0 aliphatic carbocycles. The second-order valence-corrected chi connectivity index (χ2v) is 8.71. The quantitative estimate of drug-likeness (QED) is 0.551. The Labute approximate surface area is 176 Å². The molecule has 0 fully saturated rings. The largest absolute Gasteiger partial charge is 0.352 e. The van der Waals surface area contributed by atoms with E-state index in [0.717, 1.165) is 11.6 Å². The average Bonchev–Trinajstić information content (AvgIpc) is 2.74. The van der Waals surface area contributed by atoms with E-state index in [1.807, 2.05) is 13.0 Å². The Morgan fingerprint density at radius 1 is 0.967 bits per heavy atom. The summed E-state index contributed by atoms with van der Waals surface area (Å²) in [6.07, 6.45) is 0.390. The van der Waals surface area contributed by atoms with E-state index in [1.54, 1.807) is 48.5 Å². The zero-order chi connectivity index (χ0) is 21.6. The van der Waals surface area contributed by atoms with Gasteiger partial charge in [-0.2, -0.15) is 0 Å². The third-order valence-electron chi connectivity index (χ3n) is 4.56. The lowest BCUT2D eigenvalue weighted by Gasteiger charge is -2.24. The monoisotopic (exact) mass is 426 g/mol. The Balaban J connectivity index is 1.71. The molecule has 0 spiro atoms. The van der Waals surface area contributed by atoms with Gasteiger partial charge in [-0.25, -0.2) is 12.8 Å². The summed E-state index contributed by atoms with van der Waals surface area (Å²) in [6, 6.07) is 21.0. The fraction of sp³-hybridized carbons (Fsp3) is 0.174. The maximum atomic E-state index is 13.3. The molecule has 0 heterocycles. The molecule has 0 radical (unpaired) electrons. The number of para-hydroxylation sites is 1. The van der Waals surface area contributed by atoms with Crippen molar-refractivity contribution in [3.05, 3.63) is 95.8 Å². The van der Waals surface area contributed by atoms with Gasteiger partial charge < -0.3 is 5.32 Å². The molecule has 0 atom stereocenters. The standard InChI is InChI=1S/C23H23FN2O3S/c1-18-11-13-22(14-12-18)30(28,29)26(21-9-3-2-4-10-21)16-6-15-25-23(27)19-7-5-8-20(24)17-19/h2-5,7-14,17H,6,15-16H2,1H3,(H,25,27). The van der Waals surface area contributed by atoms with Crippen LogP contribution in [0.15, 0.2) is 83.8 Å². The number of carbonyl (C=O) groups is 1. The van der Waals surface area contributed by atoms with Crippen LogP contribution < -0.4 is 9.62 Å². The summed E-state index contributed by atoms with van der Waals surface area (Å²) in [4.78, 5) is 12.4. The first-order valence-corrected chi connectivity index (χ1v) is 11.0. The number of hydrogen-bond acceptors (Lipinski definition) is 3. The van der Waals surface area contributed by atoms with Gasteiger partial charge in [0, 0.05) is 18.7 Å². The smallest absolute Gasteiger partial charge is 0.264 e. The zero-order valence-electron chi connectivity index (χ0n) is 16.6. The normalized spacial score (nSPS) is 11.1. The second-order valence-electron chi connectivity index (χ2n) is 6.85. The van der Waals surface area contributed by atoms with Crippen molar-refractivity contribution in [1.82, 2.24) is 5.32 Å². The van der Waals surface area contributed by atoms with Gasteiger partial charge in [0.25, 0.3) is 15.9 Å². The Bertz CT molecular complexity index is 1100. The van der Waals surface area contributed by atoms with Gasteiger partial charge in [0.1, 0.15) is 5.82 Å². The van der Waals surface area contributed by atoms with Crippen molar-refractivity contribution < 1.29 is 17.6 Å². The molecule has 3 aromatic rings. The van der Waals surface area contributed by atoms with Crippen molar-refractivity contribution in [1.29, 1.82) is 0 Å². The lowest BCUT2D eigenvalue weighted by molar-refractivity contribution is 0.0953. The number of amides is 1. The van der Waals surface area contributed by atoms with Crippen molar-refractivity contribution in [3.63, 3.8) is 0 Å². The number of aryl methyl sites for hydroxylation is 1. The van der Waals surface area contributed by atoms with E-state index in [-0.39, 0.29) is 23.5 Å². The number of sulfonamides is 1. The third-order valence-corrected chi connectivity index (χ3v) is 6.41. The molecule has 0 aliphatic rings. The molecular formula is C23H23FN2O3S. The van der Waals surface area contributed by atoms with Crippen LogP contribution in [0.4, 0.5) is 10.1 Å². The van der Waals surface area contributed by atoms with Gasteiger partial charge in [0.05, 0.1) is 10.6 Å². The highest BCUT2D eigenvalue weighted by Crippen LogP contribution is 2.24. The maximum absolute atomic E-state index is 13.3. The summed E-state index contributed by atoms with van der Waals surface area (Å²) < 4.78 is 41.1. The second kappa shape index (κ2) is 9.54. The summed E-state index contributed by atoms with van der Waals surface area (Å²) in [5.74, 6) is -0.885. The number of nitrogens with zero attached hydrogens (tertiary/aromatic N) is 1. The van der Waals surface area contributed by atoms with Gasteiger partial charge in [-0.3, -0.25) is 9.10 Å². The van der Waals surface area contributed by atoms with Crippen molar-refractivity contribution >= 4 is 21.6 Å². The minimum atomic E-state index is -3.76. The van der Waals surface area contributed by atoms with E-state index in [9.17, 15) is 17.6 Å². The van der Waals surface area contributed by atoms with Crippen LogP contribution in [0.2, 0.25) is 0 Å². The van der Waals surface area contributed by atoms with Crippen LogP contribution in [0.25, 0.3) is 0 Å². The van der Waals surface area contributed by atoms with Gasteiger partial charge >= 0.3 is 0 Å². The lowest BCUT2D eigenvalue weighted by Crippen LogP contribution is -2.34. The van der Waals surface area contributed by atoms with Crippen LogP contribution >= 0.6 is 0 Å². The number of hydrogen-bond donors (Lipinski definition) is 1.